The number of aliphatic hydroxyl groups is 1. The summed E-state index contributed by atoms with van der Waals surface area (Å²) in [5.74, 6) is 2.17. The summed E-state index contributed by atoms with van der Waals surface area (Å²) < 4.78 is 10.7. The van der Waals surface area contributed by atoms with E-state index in [1.54, 1.807) is 20.3 Å². The van der Waals surface area contributed by atoms with Gasteiger partial charge in [0.05, 0.1) is 20.8 Å². The second kappa shape index (κ2) is 11.5. The molecule has 0 fully saturated rings. The minimum Gasteiger partial charge on any atom is -0.493 e. The van der Waals surface area contributed by atoms with Gasteiger partial charge in [0.15, 0.2) is 17.5 Å². The average molecular weight is 420 g/mol. The van der Waals surface area contributed by atoms with Gasteiger partial charge in [0.2, 0.25) is 0 Å². The summed E-state index contributed by atoms with van der Waals surface area (Å²) in [6.45, 7) is 3.74. The van der Waals surface area contributed by atoms with Crippen LogP contribution in [0.1, 0.15) is 24.2 Å². The molecule has 0 saturated carbocycles. The van der Waals surface area contributed by atoms with Crippen molar-refractivity contribution in [1.29, 1.82) is 0 Å². The molecule has 0 bridgehead atoms. The van der Waals surface area contributed by atoms with Crippen LogP contribution in [0.5, 0.6) is 11.5 Å². The highest BCUT2D eigenvalue weighted by molar-refractivity contribution is 6.31. The molecule has 0 aliphatic rings. The van der Waals surface area contributed by atoms with E-state index >= 15 is 0 Å². The second-order valence-corrected chi connectivity index (χ2v) is 7.00. The standard InChI is InChI=1S/C22H30ClN3O3/c1-5-24-22(25-15-19(27)17-8-6-7-9-18(17)23)26(2)13-12-16-10-11-20(28-3)21(14-16)29-4/h6-11,14,19,27H,5,12-13,15H2,1-4H3,(H,24,25). The Morgan fingerprint density at radius 1 is 1.17 bits per heavy atom. The van der Waals surface area contributed by atoms with Crippen LogP contribution in [-0.2, 0) is 6.42 Å². The monoisotopic (exact) mass is 419 g/mol. The molecule has 7 heteroatoms. The fourth-order valence-corrected chi connectivity index (χ4v) is 3.19. The van der Waals surface area contributed by atoms with Crippen LogP contribution in [0, 0.1) is 0 Å². The van der Waals surface area contributed by atoms with Gasteiger partial charge in [0, 0.05) is 30.7 Å². The largest absolute Gasteiger partial charge is 0.493 e. The SMILES string of the molecule is CCNC(=NCC(O)c1ccccc1Cl)N(C)CCc1ccc(OC)c(OC)c1. The Balaban J connectivity index is 2.02. The molecule has 2 aromatic rings. The molecular weight excluding hydrogens is 390 g/mol. The first-order valence-corrected chi connectivity index (χ1v) is 10.0. The second-order valence-electron chi connectivity index (χ2n) is 6.59. The number of methoxy groups -OCH3 is 2. The van der Waals surface area contributed by atoms with E-state index in [2.05, 4.69) is 10.3 Å². The molecule has 0 heterocycles. The number of benzene rings is 2. The zero-order chi connectivity index (χ0) is 21.2. The third-order valence-electron chi connectivity index (χ3n) is 4.56. The van der Waals surface area contributed by atoms with E-state index in [4.69, 9.17) is 21.1 Å². The van der Waals surface area contributed by atoms with Crippen molar-refractivity contribution in [2.45, 2.75) is 19.4 Å². The molecule has 0 aliphatic carbocycles. The number of halogens is 1. The van der Waals surface area contributed by atoms with Gasteiger partial charge >= 0.3 is 0 Å². The smallest absolute Gasteiger partial charge is 0.193 e. The Bertz CT molecular complexity index is 814. The number of ether oxygens (including phenoxy) is 2. The summed E-state index contributed by atoms with van der Waals surface area (Å²) in [4.78, 5) is 6.62. The molecule has 2 N–H and O–H groups in total. The third-order valence-corrected chi connectivity index (χ3v) is 4.90. The maximum atomic E-state index is 10.5. The molecule has 0 aliphatic heterocycles. The van der Waals surface area contributed by atoms with E-state index in [0.717, 1.165) is 36.8 Å². The highest BCUT2D eigenvalue weighted by atomic mass is 35.5. The number of guanidine groups is 1. The fraction of sp³-hybridized carbons (Fsp3) is 0.409. The van der Waals surface area contributed by atoms with E-state index in [1.165, 1.54) is 0 Å². The average Bonchev–Trinajstić information content (AvgIpc) is 2.74. The van der Waals surface area contributed by atoms with Crippen LogP contribution in [0.3, 0.4) is 0 Å². The van der Waals surface area contributed by atoms with Gasteiger partial charge in [-0.1, -0.05) is 35.9 Å². The topological polar surface area (TPSA) is 66.3 Å². The maximum absolute atomic E-state index is 10.5. The lowest BCUT2D eigenvalue weighted by Crippen LogP contribution is -2.40. The summed E-state index contributed by atoms with van der Waals surface area (Å²) >= 11 is 6.17. The van der Waals surface area contributed by atoms with Crippen LogP contribution >= 0.6 is 11.6 Å². The molecule has 0 aromatic heterocycles. The summed E-state index contributed by atoms with van der Waals surface area (Å²) in [6.07, 6.45) is 0.0607. The molecular formula is C22H30ClN3O3. The Morgan fingerprint density at radius 3 is 2.55 bits per heavy atom. The number of aliphatic imine (C=N–C) groups is 1. The Morgan fingerprint density at radius 2 is 1.90 bits per heavy atom. The molecule has 1 atom stereocenters. The van der Waals surface area contributed by atoms with Crippen molar-refractivity contribution in [3.63, 3.8) is 0 Å². The lowest BCUT2D eigenvalue weighted by atomic mass is 10.1. The molecule has 6 nitrogen and oxygen atoms in total. The number of hydrogen-bond donors (Lipinski definition) is 2. The normalized spacial score (nSPS) is 12.4. The predicted octanol–water partition coefficient (Wildman–Crippen LogP) is 3.53. The van der Waals surface area contributed by atoms with Crippen LogP contribution in [0.4, 0.5) is 0 Å². The van der Waals surface area contributed by atoms with E-state index in [0.29, 0.717) is 16.3 Å². The molecule has 0 spiro atoms. The van der Waals surface area contributed by atoms with Crippen molar-refractivity contribution in [3.05, 3.63) is 58.6 Å². The molecule has 2 rings (SSSR count). The summed E-state index contributed by atoms with van der Waals surface area (Å²) in [5.41, 5.74) is 1.82. The van der Waals surface area contributed by atoms with Gasteiger partial charge in [0.25, 0.3) is 0 Å². The molecule has 0 saturated heterocycles. The Kier molecular flexibility index (Phi) is 9.09. The summed E-state index contributed by atoms with van der Waals surface area (Å²) in [7, 11) is 5.24. The maximum Gasteiger partial charge on any atom is 0.193 e. The molecule has 158 valence electrons. The minimum absolute atomic E-state index is 0.229. The predicted molar refractivity (Wildman–Crippen MR) is 118 cm³/mol. The van der Waals surface area contributed by atoms with Crippen LogP contribution in [0.15, 0.2) is 47.5 Å². The number of nitrogens with one attached hydrogen (secondary N) is 1. The number of likely N-dealkylation sites (N-methyl/N-ethyl adjacent to an activating group) is 1. The van der Waals surface area contributed by atoms with Gasteiger partial charge in [0.1, 0.15) is 6.10 Å². The van der Waals surface area contributed by atoms with E-state index < -0.39 is 6.10 Å². The number of hydrogen-bond acceptors (Lipinski definition) is 4. The fourth-order valence-electron chi connectivity index (χ4n) is 2.93. The van der Waals surface area contributed by atoms with Gasteiger partial charge in [-0.15, -0.1) is 0 Å². The highest BCUT2D eigenvalue weighted by Gasteiger charge is 2.13. The van der Waals surface area contributed by atoms with Crippen molar-refractivity contribution in [1.82, 2.24) is 10.2 Å². The molecule has 0 radical (unpaired) electrons. The Hall–Kier alpha value is -2.44. The summed E-state index contributed by atoms with van der Waals surface area (Å²) in [6, 6.07) is 13.2. The lowest BCUT2D eigenvalue weighted by Gasteiger charge is -2.23. The van der Waals surface area contributed by atoms with E-state index in [-0.39, 0.29) is 6.54 Å². The number of nitrogens with zero attached hydrogens (tertiary/aromatic N) is 2. The Labute approximate surface area is 178 Å². The van der Waals surface area contributed by atoms with Crippen molar-refractivity contribution in [2.24, 2.45) is 4.99 Å². The van der Waals surface area contributed by atoms with Crippen molar-refractivity contribution < 1.29 is 14.6 Å². The van der Waals surface area contributed by atoms with Gasteiger partial charge in [-0.3, -0.25) is 4.99 Å². The van der Waals surface area contributed by atoms with E-state index in [9.17, 15) is 5.11 Å². The van der Waals surface area contributed by atoms with Gasteiger partial charge in [-0.05, 0) is 37.1 Å². The highest BCUT2D eigenvalue weighted by Crippen LogP contribution is 2.27. The van der Waals surface area contributed by atoms with Crippen molar-refractivity contribution in [2.75, 3.05) is 40.9 Å². The first-order chi connectivity index (χ1) is 14.0. The van der Waals surface area contributed by atoms with Crippen molar-refractivity contribution in [3.8, 4) is 11.5 Å². The zero-order valence-corrected chi connectivity index (χ0v) is 18.2. The number of rotatable bonds is 9. The lowest BCUT2D eigenvalue weighted by molar-refractivity contribution is 0.187. The quantitative estimate of drug-likeness (QED) is 0.480. The molecule has 1 unspecified atom stereocenters. The molecule has 2 aromatic carbocycles. The van der Waals surface area contributed by atoms with Crippen LogP contribution in [-0.4, -0.2) is 56.9 Å². The van der Waals surface area contributed by atoms with Crippen LogP contribution in [0.2, 0.25) is 5.02 Å². The van der Waals surface area contributed by atoms with Gasteiger partial charge in [-0.2, -0.15) is 0 Å². The molecule has 0 amide bonds. The first kappa shape index (κ1) is 22.8. The third kappa shape index (κ3) is 6.54. The van der Waals surface area contributed by atoms with Crippen molar-refractivity contribution >= 4 is 17.6 Å². The molecule has 29 heavy (non-hydrogen) atoms. The van der Waals surface area contributed by atoms with E-state index in [1.807, 2.05) is 55.3 Å². The van der Waals surface area contributed by atoms with Gasteiger partial charge < -0.3 is 24.8 Å². The first-order valence-electron chi connectivity index (χ1n) is 9.63. The number of aliphatic hydroxyl groups excluding tert-OH is 1. The minimum atomic E-state index is -0.753. The zero-order valence-electron chi connectivity index (χ0n) is 17.5. The summed E-state index contributed by atoms with van der Waals surface area (Å²) in [5, 5.41) is 14.3. The van der Waals surface area contributed by atoms with Crippen LogP contribution < -0.4 is 14.8 Å². The van der Waals surface area contributed by atoms with Gasteiger partial charge in [-0.25, -0.2) is 0 Å². The van der Waals surface area contributed by atoms with Crippen LogP contribution in [0.25, 0.3) is 0 Å².